The molecule has 1 atom stereocenters. The molecule has 0 bridgehead atoms. The van der Waals surface area contributed by atoms with Gasteiger partial charge in [0.05, 0.1) is 5.69 Å². The number of aliphatic hydroxyl groups excluding tert-OH is 1. The fraction of sp³-hybridized carbons (Fsp3) is 0.688. The van der Waals surface area contributed by atoms with Crippen molar-refractivity contribution in [1.29, 1.82) is 0 Å². The standard InChI is InChI=1S/C16H24N4O2/c1-12-17-14(9-15(18-12)19-6-2-3-7-19)13-5-4-8-20(10-13)16(22)11-21/h9,13,21H,2-8,10-11H2,1H3. The fourth-order valence-electron chi connectivity index (χ4n) is 3.44. The number of likely N-dealkylation sites (tertiary alicyclic amines) is 1. The minimum atomic E-state index is -0.408. The molecular formula is C16H24N4O2. The summed E-state index contributed by atoms with van der Waals surface area (Å²) >= 11 is 0. The Hall–Kier alpha value is -1.69. The van der Waals surface area contributed by atoms with E-state index in [1.165, 1.54) is 12.8 Å². The highest BCUT2D eigenvalue weighted by atomic mass is 16.3. The van der Waals surface area contributed by atoms with Crippen molar-refractivity contribution in [2.75, 3.05) is 37.7 Å². The van der Waals surface area contributed by atoms with Crippen molar-refractivity contribution in [3.63, 3.8) is 0 Å². The van der Waals surface area contributed by atoms with Crippen molar-refractivity contribution in [3.05, 3.63) is 17.6 Å². The highest BCUT2D eigenvalue weighted by Crippen LogP contribution is 2.28. The van der Waals surface area contributed by atoms with Gasteiger partial charge in [-0.1, -0.05) is 0 Å². The number of anilines is 1. The topological polar surface area (TPSA) is 69.6 Å². The number of hydrogen-bond acceptors (Lipinski definition) is 5. The smallest absolute Gasteiger partial charge is 0.248 e. The third kappa shape index (κ3) is 3.21. The number of piperidine rings is 1. The van der Waals surface area contributed by atoms with Gasteiger partial charge in [0, 0.05) is 38.2 Å². The molecule has 22 heavy (non-hydrogen) atoms. The van der Waals surface area contributed by atoms with Gasteiger partial charge in [0.25, 0.3) is 0 Å². The molecule has 2 aliphatic rings. The van der Waals surface area contributed by atoms with Crippen LogP contribution in [0.25, 0.3) is 0 Å². The summed E-state index contributed by atoms with van der Waals surface area (Å²) in [5.74, 6) is 1.87. The minimum Gasteiger partial charge on any atom is -0.387 e. The molecule has 1 N–H and O–H groups in total. The molecule has 1 unspecified atom stereocenters. The van der Waals surface area contributed by atoms with E-state index in [4.69, 9.17) is 5.11 Å². The lowest BCUT2D eigenvalue weighted by Gasteiger charge is -2.32. The van der Waals surface area contributed by atoms with Gasteiger partial charge in [-0.15, -0.1) is 0 Å². The Kier molecular flexibility index (Phi) is 4.57. The molecule has 0 aliphatic carbocycles. The van der Waals surface area contributed by atoms with Crippen LogP contribution in [0.1, 0.15) is 43.1 Å². The second-order valence-electron chi connectivity index (χ2n) is 6.23. The maximum atomic E-state index is 11.7. The zero-order chi connectivity index (χ0) is 15.5. The van der Waals surface area contributed by atoms with Crippen LogP contribution in [0.3, 0.4) is 0 Å². The van der Waals surface area contributed by atoms with E-state index in [0.29, 0.717) is 6.54 Å². The van der Waals surface area contributed by atoms with Crippen molar-refractivity contribution in [2.24, 2.45) is 0 Å². The first-order valence-electron chi connectivity index (χ1n) is 8.16. The number of aromatic nitrogens is 2. The molecule has 1 aromatic rings. The van der Waals surface area contributed by atoms with Crippen LogP contribution in [-0.2, 0) is 4.79 Å². The molecule has 1 aromatic heterocycles. The van der Waals surface area contributed by atoms with Crippen LogP contribution in [0.4, 0.5) is 5.82 Å². The van der Waals surface area contributed by atoms with Crippen molar-refractivity contribution < 1.29 is 9.90 Å². The van der Waals surface area contributed by atoms with Crippen molar-refractivity contribution in [3.8, 4) is 0 Å². The number of carbonyl (C=O) groups is 1. The van der Waals surface area contributed by atoms with E-state index in [1.54, 1.807) is 4.90 Å². The molecule has 2 saturated heterocycles. The molecule has 3 heterocycles. The number of rotatable bonds is 3. The molecule has 1 amide bonds. The van der Waals surface area contributed by atoms with Crippen LogP contribution in [0.2, 0.25) is 0 Å². The molecule has 120 valence electrons. The molecule has 3 rings (SSSR count). The van der Waals surface area contributed by atoms with Crippen LogP contribution >= 0.6 is 0 Å². The van der Waals surface area contributed by atoms with E-state index >= 15 is 0 Å². The summed E-state index contributed by atoms with van der Waals surface area (Å²) < 4.78 is 0. The van der Waals surface area contributed by atoms with Crippen LogP contribution in [0.15, 0.2) is 6.07 Å². The Morgan fingerprint density at radius 1 is 1.27 bits per heavy atom. The molecule has 0 aromatic carbocycles. The maximum Gasteiger partial charge on any atom is 0.248 e. The number of amides is 1. The predicted molar refractivity (Wildman–Crippen MR) is 83.9 cm³/mol. The van der Waals surface area contributed by atoms with Crippen LogP contribution in [0, 0.1) is 6.92 Å². The van der Waals surface area contributed by atoms with E-state index in [2.05, 4.69) is 20.9 Å². The normalized spacial score (nSPS) is 22.2. The summed E-state index contributed by atoms with van der Waals surface area (Å²) in [4.78, 5) is 25.0. The summed E-state index contributed by atoms with van der Waals surface area (Å²) in [5, 5.41) is 9.05. The van der Waals surface area contributed by atoms with E-state index in [1.807, 2.05) is 6.92 Å². The summed E-state index contributed by atoms with van der Waals surface area (Å²) in [5.41, 5.74) is 1.03. The first-order valence-corrected chi connectivity index (χ1v) is 8.16. The third-order valence-corrected chi connectivity index (χ3v) is 4.60. The lowest BCUT2D eigenvalue weighted by molar-refractivity contribution is -0.135. The van der Waals surface area contributed by atoms with E-state index in [-0.39, 0.29) is 11.8 Å². The lowest BCUT2D eigenvalue weighted by Crippen LogP contribution is -2.40. The van der Waals surface area contributed by atoms with Gasteiger partial charge in [0.15, 0.2) is 0 Å². The van der Waals surface area contributed by atoms with Crippen LogP contribution < -0.4 is 4.90 Å². The van der Waals surface area contributed by atoms with Gasteiger partial charge in [-0.05, 0) is 32.6 Å². The molecule has 0 radical (unpaired) electrons. The predicted octanol–water partition coefficient (Wildman–Crippen LogP) is 1.08. The number of carbonyl (C=O) groups excluding carboxylic acids is 1. The number of hydrogen-bond donors (Lipinski definition) is 1. The highest BCUT2D eigenvalue weighted by Gasteiger charge is 2.26. The molecule has 2 fully saturated rings. The van der Waals surface area contributed by atoms with Gasteiger partial charge >= 0.3 is 0 Å². The summed E-state index contributed by atoms with van der Waals surface area (Å²) in [6.07, 6.45) is 4.44. The van der Waals surface area contributed by atoms with Gasteiger partial charge in [-0.25, -0.2) is 9.97 Å². The molecule has 6 heteroatoms. The van der Waals surface area contributed by atoms with Crippen LogP contribution in [0.5, 0.6) is 0 Å². The van der Waals surface area contributed by atoms with Gasteiger partial charge in [-0.3, -0.25) is 4.79 Å². The van der Waals surface area contributed by atoms with Gasteiger partial charge < -0.3 is 14.9 Å². The van der Waals surface area contributed by atoms with Gasteiger partial charge in [0.1, 0.15) is 18.2 Å². The van der Waals surface area contributed by atoms with Gasteiger partial charge in [0.2, 0.25) is 5.91 Å². The summed E-state index contributed by atoms with van der Waals surface area (Å²) in [6.45, 7) is 5.04. The summed E-state index contributed by atoms with van der Waals surface area (Å²) in [7, 11) is 0. The molecular weight excluding hydrogens is 280 g/mol. The Morgan fingerprint density at radius 3 is 2.77 bits per heavy atom. The number of aryl methyl sites for hydroxylation is 1. The lowest BCUT2D eigenvalue weighted by atomic mass is 9.94. The van der Waals surface area contributed by atoms with E-state index in [9.17, 15) is 4.79 Å². The second kappa shape index (κ2) is 6.60. The molecule has 0 saturated carbocycles. The highest BCUT2D eigenvalue weighted by molar-refractivity contribution is 5.77. The van der Waals surface area contributed by atoms with Crippen molar-refractivity contribution in [1.82, 2.24) is 14.9 Å². The Bertz CT molecular complexity index is 543. The Labute approximate surface area is 131 Å². The quantitative estimate of drug-likeness (QED) is 0.905. The largest absolute Gasteiger partial charge is 0.387 e. The number of aliphatic hydroxyl groups is 1. The summed E-state index contributed by atoms with van der Waals surface area (Å²) in [6, 6.07) is 2.09. The minimum absolute atomic E-state index is 0.185. The SMILES string of the molecule is Cc1nc(C2CCCN(C(=O)CO)C2)cc(N2CCCC2)n1. The monoisotopic (exact) mass is 304 g/mol. The zero-order valence-electron chi connectivity index (χ0n) is 13.2. The Morgan fingerprint density at radius 2 is 2.05 bits per heavy atom. The van der Waals surface area contributed by atoms with Crippen molar-refractivity contribution in [2.45, 2.75) is 38.5 Å². The van der Waals surface area contributed by atoms with Crippen LogP contribution in [-0.4, -0.2) is 58.7 Å². The molecule has 2 aliphatic heterocycles. The van der Waals surface area contributed by atoms with Gasteiger partial charge in [-0.2, -0.15) is 0 Å². The fourth-order valence-corrected chi connectivity index (χ4v) is 3.44. The maximum absolute atomic E-state index is 11.7. The second-order valence-corrected chi connectivity index (χ2v) is 6.23. The molecule has 0 spiro atoms. The van der Waals surface area contributed by atoms with E-state index < -0.39 is 6.61 Å². The zero-order valence-corrected chi connectivity index (χ0v) is 13.2. The van der Waals surface area contributed by atoms with E-state index in [0.717, 1.165) is 49.8 Å². The van der Waals surface area contributed by atoms with Crippen molar-refractivity contribution >= 4 is 11.7 Å². The Balaban J connectivity index is 1.79. The first kappa shape index (κ1) is 15.2. The molecule has 6 nitrogen and oxygen atoms in total. The first-order chi connectivity index (χ1) is 10.7. The third-order valence-electron chi connectivity index (χ3n) is 4.60. The average Bonchev–Trinajstić information content (AvgIpc) is 3.08. The average molecular weight is 304 g/mol. The number of nitrogens with zero attached hydrogens (tertiary/aromatic N) is 4.